The van der Waals surface area contributed by atoms with Gasteiger partial charge in [-0.15, -0.1) is 0 Å². The van der Waals surface area contributed by atoms with Crippen molar-refractivity contribution in [1.29, 1.82) is 5.26 Å². The lowest BCUT2D eigenvalue weighted by Gasteiger charge is -2.44. The van der Waals surface area contributed by atoms with Gasteiger partial charge in [-0.3, -0.25) is 4.90 Å². The largest absolute Gasteiger partial charge is 0.497 e. The van der Waals surface area contributed by atoms with Crippen LogP contribution in [0, 0.1) is 11.3 Å². The number of rotatable bonds is 2. The van der Waals surface area contributed by atoms with Crippen molar-refractivity contribution in [2.45, 2.75) is 44.1 Å². The van der Waals surface area contributed by atoms with E-state index in [1.165, 1.54) is 30.4 Å². The highest BCUT2D eigenvalue weighted by atomic mass is 16.5. The summed E-state index contributed by atoms with van der Waals surface area (Å²) in [5.74, 6) is 0.899. The number of hydrogen-bond acceptors (Lipinski definition) is 3. The molecule has 1 heterocycles. The maximum absolute atomic E-state index is 9.94. The molecule has 0 saturated carbocycles. The second-order valence-electron chi connectivity index (χ2n) is 5.90. The molecule has 1 saturated heterocycles. The van der Waals surface area contributed by atoms with Crippen LogP contribution in [0.5, 0.6) is 5.75 Å². The zero-order valence-corrected chi connectivity index (χ0v) is 12.2. The van der Waals surface area contributed by atoms with Gasteiger partial charge in [0.25, 0.3) is 0 Å². The van der Waals surface area contributed by atoms with Crippen molar-refractivity contribution in [3.63, 3.8) is 0 Å². The van der Waals surface area contributed by atoms with E-state index < -0.39 is 5.54 Å². The summed E-state index contributed by atoms with van der Waals surface area (Å²) in [4.78, 5) is 2.42. The summed E-state index contributed by atoms with van der Waals surface area (Å²) < 4.78 is 5.33. The first-order valence-corrected chi connectivity index (χ1v) is 7.64. The molecule has 3 nitrogen and oxygen atoms in total. The average Bonchev–Trinajstić information content (AvgIpc) is 2.54. The van der Waals surface area contributed by atoms with Gasteiger partial charge in [0, 0.05) is 0 Å². The van der Waals surface area contributed by atoms with Crippen molar-refractivity contribution in [1.82, 2.24) is 4.90 Å². The minimum absolute atomic E-state index is 0.403. The molecule has 0 N–H and O–H groups in total. The predicted molar refractivity (Wildman–Crippen MR) is 78.6 cm³/mol. The maximum Gasteiger partial charge on any atom is 0.135 e. The summed E-state index contributed by atoms with van der Waals surface area (Å²) in [7, 11) is 1.70. The Kier molecular flexibility index (Phi) is 3.67. The van der Waals surface area contributed by atoms with Crippen LogP contribution in [0.25, 0.3) is 0 Å². The van der Waals surface area contributed by atoms with Crippen LogP contribution in [0.2, 0.25) is 0 Å². The average molecular weight is 270 g/mol. The molecule has 1 aromatic rings. The number of nitrogens with zero attached hydrogens (tertiary/aromatic N) is 2. The summed E-state index contributed by atoms with van der Waals surface area (Å²) in [6.07, 6.45) is 6.84. The van der Waals surface area contributed by atoms with Gasteiger partial charge in [0.15, 0.2) is 0 Å². The summed E-state index contributed by atoms with van der Waals surface area (Å²) in [5.41, 5.74) is 2.11. The monoisotopic (exact) mass is 270 g/mol. The van der Waals surface area contributed by atoms with Crippen LogP contribution in [-0.2, 0) is 12.0 Å². The van der Waals surface area contributed by atoms with Crippen molar-refractivity contribution in [2.24, 2.45) is 0 Å². The van der Waals surface area contributed by atoms with Crippen molar-refractivity contribution < 1.29 is 4.74 Å². The number of aryl methyl sites for hydroxylation is 1. The molecule has 20 heavy (non-hydrogen) atoms. The molecule has 1 aliphatic carbocycles. The number of methoxy groups -OCH3 is 1. The zero-order valence-electron chi connectivity index (χ0n) is 12.2. The third-order valence-electron chi connectivity index (χ3n) is 4.82. The molecule has 3 heteroatoms. The maximum atomic E-state index is 9.94. The fourth-order valence-corrected chi connectivity index (χ4v) is 3.77. The summed E-state index contributed by atoms with van der Waals surface area (Å²) >= 11 is 0. The molecule has 106 valence electrons. The van der Waals surface area contributed by atoms with Crippen LogP contribution in [0.15, 0.2) is 18.2 Å². The lowest BCUT2D eigenvalue weighted by molar-refractivity contribution is 0.0934. The van der Waals surface area contributed by atoms with Crippen LogP contribution < -0.4 is 4.74 Å². The molecule has 1 aromatic carbocycles. The predicted octanol–water partition coefficient (Wildman–Crippen LogP) is 3.24. The quantitative estimate of drug-likeness (QED) is 0.827. The van der Waals surface area contributed by atoms with Gasteiger partial charge in [0.2, 0.25) is 0 Å². The van der Waals surface area contributed by atoms with Crippen molar-refractivity contribution in [3.8, 4) is 11.8 Å². The first kappa shape index (κ1) is 13.5. The Morgan fingerprint density at radius 1 is 1.20 bits per heavy atom. The van der Waals surface area contributed by atoms with Gasteiger partial charge >= 0.3 is 0 Å². The number of nitriles is 1. The first-order valence-electron chi connectivity index (χ1n) is 7.64. The molecule has 3 rings (SSSR count). The van der Waals surface area contributed by atoms with Crippen molar-refractivity contribution in [3.05, 3.63) is 29.3 Å². The third-order valence-corrected chi connectivity index (χ3v) is 4.82. The highest BCUT2D eigenvalue weighted by Crippen LogP contribution is 2.42. The van der Waals surface area contributed by atoms with Gasteiger partial charge in [-0.05, 0) is 68.5 Å². The molecule has 1 fully saturated rings. The normalized spacial score (nSPS) is 26.6. The number of benzene rings is 1. The van der Waals surface area contributed by atoms with E-state index in [2.05, 4.69) is 23.1 Å². The minimum atomic E-state index is -0.403. The van der Waals surface area contributed by atoms with E-state index >= 15 is 0 Å². The Morgan fingerprint density at radius 2 is 2.00 bits per heavy atom. The Hall–Kier alpha value is -1.53. The highest BCUT2D eigenvalue weighted by Gasteiger charge is 2.42. The van der Waals surface area contributed by atoms with E-state index in [0.29, 0.717) is 0 Å². The molecule has 2 aliphatic rings. The zero-order chi connectivity index (χ0) is 14.0. The van der Waals surface area contributed by atoms with Crippen molar-refractivity contribution >= 4 is 0 Å². The molecular formula is C17H22N2O. The molecule has 1 aliphatic heterocycles. The Labute approximate surface area is 121 Å². The van der Waals surface area contributed by atoms with E-state index in [9.17, 15) is 5.26 Å². The molecule has 0 radical (unpaired) electrons. The van der Waals surface area contributed by atoms with Gasteiger partial charge < -0.3 is 4.74 Å². The topological polar surface area (TPSA) is 36.3 Å². The summed E-state index contributed by atoms with van der Waals surface area (Å²) in [6.45, 7) is 2.11. The number of fused-ring (bicyclic) bond motifs is 1. The van der Waals surface area contributed by atoms with E-state index in [-0.39, 0.29) is 0 Å². The molecule has 1 atom stereocenters. The second kappa shape index (κ2) is 5.46. The SMILES string of the molecule is COc1ccc2c(c1)CCCC2(C#N)N1CCCCC1. The second-order valence-corrected chi connectivity index (χ2v) is 5.90. The van der Waals surface area contributed by atoms with Gasteiger partial charge in [0.1, 0.15) is 11.3 Å². The minimum Gasteiger partial charge on any atom is -0.497 e. The molecule has 0 spiro atoms. The molecular weight excluding hydrogens is 248 g/mol. The third kappa shape index (κ3) is 2.09. The van der Waals surface area contributed by atoms with E-state index in [1.807, 2.05) is 6.07 Å². The molecule has 0 bridgehead atoms. The number of ether oxygens (including phenoxy) is 1. The van der Waals surface area contributed by atoms with Crippen LogP contribution in [0.1, 0.15) is 43.2 Å². The van der Waals surface area contributed by atoms with Gasteiger partial charge in [0.05, 0.1) is 13.2 Å². The van der Waals surface area contributed by atoms with Gasteiger partial charge in [-0.1, -0.05) is 12.5 Å². The van der Waals surface area contributed by atoms with Crippen LogP contribution in [-0.4, -0.2) is 25.1 Å². The van der Waals surface area contributed by atoms with Gasteiger partial charge in [-0.25, -0.2) is 0 Å². The smallest absolute Gasteiger partial charge is 0.135 e. The first-order chi connectivity index (χ1) is 9.80. The van der Waals surface area contributed by atoms with Crippen LogP contribution in [0.4, 0.5) is 0 Å². The molecule has 1 unspecified atom stereocenters. The standard InChI is InChI=1S/C17H22N2O/c1-20-15-7-8-16-14(12-15)6-5-9-17(16,13-18)19-10-3-2-4-11-19/h7-8,12H,2-6,9-11H2,1H3. The highest BCUT2D eigenvalue weighted by molar-refractivity contribution is 5.45. The summed E-state index contributed by atoms with van der Waals surface area (Å²) in [6, 6.07) is 8.90. The van der Waals surface area contributed by atoms with Crippen molar-refractivity contribution in [2.75, 3.05) is 20.2 Å². The van der Waals surface area contributed by atoms with E-state index in [4.69, 9.17) is 4.74 Å². The van der Waals surface area contributed by atoms with E-state index in [0.717, 1.165) is 38.1 Å². The van der Waals surface area contributed by atoms with Crippen LogP contribution in [0.3, 0.4) is 0 Å². The van der Waals surface area contributed by atoms with Crippen LogP contribution >= 0.6 is 0 Å². The fraction of sp³-hybridized carbons (Fsp3) is 0.588. The number of hydrogen-bond donors (Lipinski definition) is 0. The van der Waals surface area contributed by atoms with Gasteiger partial charge in [-0.2, -0.15) is 5.26 Å². The Bertz CT molecular complexity index is 528. The molecule has 0 amide bonds. The fourth-order valence-electron chi connectivity index (χ4n) is 3.77. The van der Waals surface area contributed by atoms with E-state index in [1.54, 1.807) is 7.11 Å². The Balaban J connectivity index is 2.03. The summed E-state index contributed by atoms with van der Waals surface area (Å²) in [5, 5.41) is 9.94. The lowest BCUT2D eigenvalue weighted by Crippen LogP contribution is -2.49. The number of likely N-dealkylation sites (tertiary alicyclic amines) is 1. The lowest BCUT2D eigenvalue weighted by atomic mass is 9.75. The molecule has 0 aromatic heterocycles. The Morgan fingerprint density at radius 3 is 2.70 bits per heavy atom. The number of piperidine rings is 1.